The molecule has 120 valence electrons. The minimum atomic E-state index is 0.250. The number of hydrogen-bond donors (Lipinski definition) is 0. The van der Waals surface area contributed by atoms with Gasteiger partial charge in [-0.05, 0) is 24.3 Å². The van der Waals surface area contributed by atoms with Gasteiger partial charge in [0.05, 0.1) is 5.75 Å². The first-order chi connectivity index (χ1) is 11.3. The Morgan fingerprint density at radius 3 is 2.96 bits per heavy atom. The Labute approximate surface area is 144 Å². The molecule has 1 saturated heterocycles. The molecule has 23 heavy (non-hydrogen) atoms. The summed E-state index contributed by atoms with van der Waals surface area (Å²) in [6.07, 6.45) is 3.65. The molecule has 0 radical (unpaired) electrons. The van der Waals surface area contributed by atoms with Gasteiger partial charge in [0.1, 0.15) is 5.51 Å². The van der Waals surface area contributed by atoms with Crippen LogP contribution < -0.4 is 0 Å². The Kier molecular flexibility index (Phi) is 4.35. The van der Waals surface area contributed by atoms with Gasteiger partial charge in [-0.2, -0.15) is 0 Å². The van der Waals surface area contributed by atoms with Crippen LogP contribution in [0.1, 0.15) is 30.7 Å². The summed E-state index contributed by atoms with van der Waals surface area (Å²) in [5.74, 6) is 1.85. The molecule has 6 heteroatoms. The van der Waals surface area contributed by atoms with Crippen LogP contribution in [0.25, 0.3) is 0 Å². The highest BCUT2D eigenvalue weighted by Crippen LogP contribution is 2.46. The molecule has 1 aromatic heterocycles. The van der Waals surface area contributed by atoms with E-state index in [0.717, 1.165) is 17.3 Å². The van der Waals surface area contributed by atoms with Crippen LogP contribution in [0.4, 0.5) is 0 Å². The zero-order valence-corrected chi connectivity index (χ0v) is 14.4. The van der Waals surface area contributed by atoms with E-state index in [9.17, 15) is 4.79 Å². The van der Waals surface area contributed by atoms with Crippen molar-refractivity contribution in [2.45, 2.75) is 35.6 Å². The number of carbonyl (C=O) groups excluding carboxylic acids is 1. The SMILES string of the molecule is O=C(CSc1nncs1)N1CC(c2ccccc2)C2CCCC21. The summed E-state index contributed by atoms with van der Waals surface area (Å²) in [7, 11) is 0. The molecule has 2 aliphatic rings. The van der Waals surface area contributed by atoms with E-state index < -0.39 is 0 Å². The number of thioether (sulfide) groups is 1. The molecule has 2 aromatic rings. The summed E-state index contributed by atoms with van der Waals surface area (Å²) in [6, 6.07) is 11.1. The van der Waals surface area contributed by atoms with E-state index in [0.29, 0.717) is 23.6 Å². The van der Waals surface area contributed by atoms with Crippen molar-refractivity contribution in [3.05, 3.63) is 41.4 Å². The third kappa shape index (κ3) is 3.02. The smallest absolute Gasteiger partial charge is 0.233 e. The van der Waals surface area contributed by atoms with Gasteiger partial charge in [-0.1, -0.05) is 59.9 Å². The number of nitrogens with zero attached hydrogens (tertiary/aromatic N) is 3. The predicted octanol–water partition coefficient (Wildman–Crippen LogP) is 3.42. The van der Waals surface area contributed by atoms with Gasteiger partial charge in [0.15, 0.2) is 4.34 Å². The summed E-state index contributed by atoms with van der Waals surface area (Å²) >= 11 is 3.00. The first-order valence-electron chi connectivity index (χ1n) is 8.06. The number of fused-ring (bicyclic) bond motifs is 1. The first-order valence-corrected chi connectivity index (χ1v) is 9.93. The molecule has 3 unspecified atom stereocenters. The van der Waals surface area contributed by atoms with Crippen LogP contribution in [0.2, 0.25) is 0 Å². The lowest BCUT2D eigenvalue weighted by Crippen LogP contribution is -2.37. The fourth-order valence-electron chi connectivity index (χ4n) is 4.08. The monoisotopic (exact) mass is 345 g/mol. The second-order valence-electron chi connectivity index (χ2n) is 6.22. The largest absolute Gasteiger partial charge is 0.338 e. The average molecular weight is 345 g/mol. The summed E-state index contributed by atoms with van der Waals surface area (Å²) in [6.45, 7) is 0.870. The molecule has 1 amide bonds. The number of amides is 1. The van der Waals surface area contributed by atoms with E-state index in [1.54, 1.807) is 5.51 Å². The maximum atomic E-state index is 12.7. The number of aromatic nitrogens is 2. The van der Waals surface area contributed by atoms with Crippen molar-refractivity contribution in [3.8, 4) is 0 Å². The minimum Gasteiger partial charge on any atom is -0.338 e. The highest BCUT2D eigenvalue weighted by molar-refractivity contribution is 8.01. The Morgan fingerprint density at radius 2 is 2.17 bits per heavy atom. The summed E-state index contributed by atoms with van der Waals surface area (Å²) in [5.41, 5.74) is 3.10. The van der Waals surface area contributed by atoms with Gasteiger partial charge >= 0.3 is 0 Å². The second-order valence-corrected chi connectivity index (χ2v) is 8.27. The van der Waals surface area contributed by atoms with Gasteiger partial charge in [-0.3, -0.25) is 4.79 Å². The Bertz CT molecular complexity index is 662. The Balaban J connectivity index is 1.47. The van der Waals surface area contributed by atoms with Crippen LogP contribution in [0, 0.1) is 5.92 Å². The van der Waals surface area contributed by atoms with Crippen molar-refractivity contribution in [3.63, 3.8) is 0 Å². The standard InChI is InChI=1S/C17H19N3OS2/c21-16(10-22-17-19-18-11-23-17)20-9-14(12-5-2-1-3-6-12)13-7-4-8-15(13)20/h1-3,5-6,11,13-15H,4,7-10H2. The Hall–Kier alpha value is -1.40. The molecule has 3 atom stereocenters. The third-order valence-corrected chi connectivity index (χ3v) is 6.89. The first kappa shape index (κ1) is 15.1. The summed E-state index contributed by atoms with van der Waals surface area (Å²) < 4.78 is 0.875. The van der Waals surface area contributed by atoms with E-state index in [1.807, 2.05) is 0 Å². The molecule has 1 saturated carbocycles. The van der Waals surface area contributed by atoms with Gasteiger partial charge in [0, 0.05) is 18.5 Å². The molecule has 1 aromatic carbocycles. The molecule has 1 aliphatic carbocycles. The highest BCUT2D eigenvalue weighted by Gasteiger charge is 2.46. The molecular formula is C17H19N3OS2. The maximum absolute atomic E-state index is 12.7. The van der Waals surface area contributed by atoms with E-state index >= 15 is 0 Å². The van der Waals surface area contributed by atoms with Crippen molar-refractivity contribution in [1.29, 1.82) is 0 Å². The van der Waals surface area contributed by atoms with E-state index in [1.165, 1.54) is 41.5 Å². The van der Waals surface area contributed by atoms with E-state index in [2.05, 4.69) is 45.4 Å². The van der Waals surface area contributed by atoms with Gasteiger partial charge in [0.25, 0.3) is 0 Å². The second kappa shape index (κ2) is 6.61. The molecule has 0 bridgehead atoms. The molecular weight excluding hydrogens is 326 g/mol. The van der Waals surface area contributed by atoms with Crippen LogP contribution in [-0.4, -0.2) is 39.3 Å². The van der Waals surface area contributed by atoms with Crippen molar-refractivity contribution in [2.75, 3.05) is 12.3 Å². The molecule has 4 nitrogen and oxygen atoms in total. The van der Waals surface area contributed by atoms with Crippen molar-refractivity contribution >= 4 is 29.0 Å². The number of hydrogen-bond acceptors (Lipinski definition) is 5. The lowest BCUT2D eigenvalue weighted by molar-refractivity contribution is -0.129. The zero-order valence-electron chi connectivity index (χ0n) is 12.8. The highest BCUT2D eigenvalue weighted by atomic mass is 32.2. The van der Waals surface area contributed by atoms with Gasteiger partial charge in [0.2, 0.25) is 5.91 Å². The van der Waals surface area contributed by atoms with Gasteiger partial charge in [-0.15, -0.1) is 10.2 Å². The normalized spacial score (nSPS) is 26.4. The van der Waals surface area contributed by atoms with Gasteiger partial charge in [-0.25, -0.2) is 0 Å². The molecule has 0 spiro atoms. The fourth-order valence-corrected chi connectivity index (χ4v) is 5.45. The van der Waals surface area contributed by atoms with E-state index in [-0.39, 0.29) is 5.91 Å². The van der Waals surface area contributed by atoms with Gasteiger partial charge < -0.3 is 4.90 Å². The topological polar surface area (TPSA) is 46.1 Å². The number of benzene rings is 1. The zero-order chi connectivity index (χ0) is 15.6. The predicted molar refractivity (Wildman–Crippen MR) is 92.7 cm³/mol. The lowest BCUT2D eigenvalue weighted by atomic mass is 9.87. The average Bonchev–Trinajstić information content (AvgIpc) is 3.30. The third-order valence-electron chi connectivity index (χ3n) is 5.05. The molecule has 4 rings (SSSR count). The number of rotatable bonds is 4. The summed E-state index contributed by atoms with van der Waals surface area (Å²) in [4.78, 5) is 14.9. The minimum absolute atomic E-state index is 0.250. The van der Waals surface area contributed by atoms with Crippen molar-refractivity contribution in [2.24, 2.45) is 5.92 Å². The van der Waals surface area contributed by atoms with Crippen LogP contribution >= 0.6 is 23.1 Å². The number of likely N-dealkylation sites (tertiary alicyclic amines) is 1. The fraction of sp³-hybridized carbons (Fsp3) is 0.471. The Morgan fingerprint density at radius 1 is 1.30 bits per heavy atom. The van der Waals surface area contributed by atoms with Crippen molar-refractivity contribution < 1.29 is 4.79 Å². The van der Waals surface area contributed by atoms with Crippen LogP contribution in [-0.2, 0) is 4.79 Å². The van der Waals surface area contributed by atoms with Crippen LogP contribution in [0.15, 0.2) is 40.2 Å². The molecule has 1 aliphatic heterocycles. The molecule has 2 fully saturated rings. The van der Waals surface area contributed by atoms with Crippen molar-refractivity contribution in [1.82, 2.24) is 15.1 Å². The summed E-state index contributed by atoms with van der Waals surface area (Å²) in [5, 5.41) is 7.83. The van der Waals surface area contributed by atoms with Crippen LogP contribution in [0.5, 0.6) is 0 Å². The maximum Gasteiger partial charge on any atom is 0.233 e. The number of carbonyl (C=O) groups is 1. The lowest BCUT2D eigenvalue weighted by Gasteiger charge is -2.23. The van der Waals surface area contributed by atoms with E-state index in [4.69, 9.17) is 0 Å². The quantitative estimate of drug-likeness (QED) is 0.797. The van der Waals surface area contributed by atoms with Crippen LogP contribution in [0.3, 0.4) is 0 Å². The molecule has 2 heterocycles. The molecule has 0 N–H and O–H groups in total.